The van der Waals surface area contributed by atoms with Crippen molar-refractivity contribution >= 4 is 17.6 Å². The minimum Gasteiger partial charge on any atom is -0.406 e. The molecule has 3 amide bonds. The molecule has 1 unspecified atom stereocenters. The molecule has 1 fully saturated rings. The molecule has 1 N–H and O–H groups in total. The highest BCUT2D eigenvalue weighted by Crippen LogP contribution is 2.27. The first-order valence-corrected chi connectivity index (χ1v) is 5.82. The first-order valence-electron chi connectivity index (χ1n) is 5.82. The average molecular weight is 288 g/mol. The summed E-state index contributed by atoms with van der Waals surface area (Å²) in [5.41, 5.74) is 0.193. The zero-order valence-electron chi connectivity index (χ0n) is 10.4. The molecule has 5 nitrogen and oxygen atoms in total. The molecule has 0 aromatic heterocycles. The van der Waals surface area contributed by atoms with Gasteiger partial charge in [-0.25, -0.2) is 9.69 Å². The molecule has 1 aliphatic rings. The van der Waals surface area contributed by atoms with Crippen LogP contribution < -0.4 is 15.0 Å². The van der Waals surface area contributed by atoms with Crippen LogP contribution in [0.4, 0.5) is 23.7 Å². The molecule has 0 saturated carbocycles. The topological polar surface area (TPSA) is 58.6 Å². The van der Waals surface area contributed by atoms with E-state index in [0.717, 1.165) is 17.0 Å². The Hall–Kier alpha value is -2.25. The van der Waals surface area contributed by atoms with Crippen LogP contribution >= 0.6 is 0 Å². The highest BCUT2D eigenvalue weighted by Gasteiger charge is 2.38. The summed E-state index contributed by atoms with van der Waals surface area (Å²) in [5.74, 6) is -0.845. The zero-order chi connectivity index (χ0) is 14.9. The maximum Gasteiger partial charge on any atom is 0.573 e. The molecule has 1 aromatic carbocycles. The summed E-state index contributed by atoms with van der Waals surface area (Å²) in [6.07, 6.45) is -4.34. The molecule has 1 aromatic rings. The smallest absolute Gasteiger partial charge is 0.406 e. The molecule has 1 heterocycles. The number of nitrogens with one attached hydrogen (secondary N) is 1. The van der Waals surface area contributed by atoms with Gasteiger partial charge in [0.1, 0.15) is 11.8 Å². The number of ether oxygens (including phenoxy) is 1. The first-order chi connectivity index (χ1) is 9.31. The quantitative estimate of drug-likeness (QED) is 0.869. The average Bonchev–Trinajstić information content (AvgIpc) is 2.64. The Kier molecular flexibility index (Phi) is 3.56. The fourth-order valence-electron chi connectivity index (χ4n) is 1.85. The minimum atomic E-state index is -4.78. The van der Waals surface area contributed by atoms with Crippen molar-refractivity contribution in [1.29, 1.82) is 0 Å². The third-order valence-corrected chi connectivity index (χ3v) is 2.76. The van der Waals surface area contributed by atoms with E-state index in [0.29, 0.717) is 6.42 Å². The van der Waals surface area contributed by atoms with E-state index in [4.69, 9.17) is 0 Å². The van der Waals surface area contributed by atoms with Gasteiger partial charge < -0.3 is 10.1 Å². The van der Waals surface area contributed by atoms with Crippen LogP contribution in [0.5, 0.6) is 5.75 Å². The number of carbonyl (C=O) groups excluding carboxylic acids is 2. The molecule has 108 valence electrons. The Labute approximate surface area is 112 Å². The van der Waals surface area contributed by atoms with E-state index in [1.807, 2.05) is 0 Å². The molecular formula is C12H11F3N2O3. The predicted molar refractivity (Wildman–Crippen MR) is 63.2 cm³/mol. The summed E-state index contributed by atoms with van der Waals surface area (Å²) in [4.78, 5) is 24.4. The van der Waals surface area contributed by atoms with E-state index in [1.165, 1.54) is 12.1 Å². The van der Waals surface area contributed by atoms with Gasteiger partial charge in [0.15, 0.2) is 0 Å². The number of hydrogen-bond acceptors (Lipinski definition) is 3. The van der Waals surface area contributed by atoms with Crippen LogP contribution in [0.3, 0.4) is 0 Å². The zero-order valence-corrected chi connectivity index (χ0v) is 10.4. The molecule has 0 aliphatic carbocycles. The summed E-state index contributed by atoms with van der Waals surface area (Å²) in [7, 11) is 0. The number of alkyl halides is 3. The standard InChI is InChI=1S/C12H11F3N2O3/c1-2-9-10(18)17(11(19)16-9)7-3-5-8(6-4-7)20-12(13,14)15/h3-6,9H,2H2,1H3,(H,16,19). The van der Waals surface area contributed by atoms with Crippen molar-refractivity contribution in [2.24, 2.45) is 0 Å². The Morgan fingerprint density at radius 3 is 2.30 bits per heavy atom. The highest BCUT2D eigenvalue weighted by molar-refractivity contribution is 6.21. The van der Waals surface area contributed by atoms with E-state index in [-0.39, 0.29) is 5.69 Å². The van der Waals surface area contributed by atoms with Crippen molar-refractivity contribution in [1.82, 2.24) is 5.32 Å². The molecule has 1 saturated heterocycles. The molecule has 2 rings (SSSR count). The van der Waals surface area contributed by atoms with E-state index in [2.05, 4.69) is 10.1 Å². The fraction of sp³-hybridized carbons (Fsp3) is 0.333. The largest absolute Gasteiger partial charge is 0.573 e. The van der Waals surface area contributed by atoms with Crippen molar-refractivity contribution in [2.75, 3.05) is 4.90 Å². The molecule has 0 bridgehead atoms. The number of imide groups is 1. The van der Waals surface area contributed by atoms with Crippen LogP contribution in [-0.2, 0) is 4.79 Å². The third kappa shape index (κ3) is 2.84. The van der Waals surface area contributed by atoms with Crippen LogP contribution in [0, 0.1) is 0 Å². The Balaban J connectivity index is 2.18. The highest BCUT2D eigenvalue weighted by atomic mass is 19.4. The number of anilines is 1. The molecule has 8 heteroatoms. The van der Waals surface area contributed by atoms with Crippen molar-refractivity contribution in [3.8, 4) is 5.75 Å². The normalized spacial score (nSPS) is 19.2. The van der Waals surface area contributed by atoms with Gasteiger partial charge in [0.05, 0.1) is 5.69 Å². The maximum absolute atomic E-state index is 12.0. The molecule has 0 radical (unpaired) electrons. The van der Waals surface area contributed by atoms with Gasteiger partial charge in [0, 0.05) is 0 Å². The lowest BCUT2D eigenvalue weighted by molar-refractivity contribution is -0.274. The third-order valence-electron chi connectivity index (χ3n) is 2.76. The number of urea groups is 1. The molecular weight excluding hydrogens is 277 g/mol. The van der Waals surface area contributed by atoms with Gasteiger partial charge in [-0.1, -0.05) is 6.92 Å². The summed E-state index contributed by atoms with van der Waals surface area (Å²) < 4.78 is 39.8. The summed E-state index contributed by atoms with van der Waals surface area (Å²) in [5, 5.41) is 2.48. The van der Waals surface area contributed by atoms with Gasteiger partial charge in [-0.15, -0.1) is 13.2 Å². The molecule has 1 aliphatic heterocycles. The van der Waals surface area contributed by atoms with Gasteiger partial charge in [0.2, 0.25) is 0 Å². The summed E-state index contributed by atoms with van der Waals surface area (Å²) in [6, 6.07) is 3.33. The van der Waals surface area contributed by atoms with E-state index < -0.39 is 30.1 Å². The lowest BCUT2D eigenvalue weighted by Crippen LogP contribution is -2.31. The Morgan fingerprint density at radius 2 is 1.85 bits per heavy atom. The number of carbonyl (C=O) groups is 2. The predicted octanol–water partition coefficient (Wildman–Crippen LogP) is 2.42. The second kappa shape index (κ2) is 5.03. The fourth-order valence-corrected chi connectivity index (χ4v) is 1.85. The molecule has 0 spiro atoms. The van der Waals surface area contributed by atoms with Gasteiger partial charge in [-0.3, -0.25) is 4.79 Å². The second-order valence-corrected chi connectivity index (χ2v) is 4.13. The molecule has 1 atom stereocenters. The summed E-state index contributed by atoms with van der Waals surface area (Å²) >= 11 is 0. The number of halogens is 3. The molecule has 20 heavy (non-hydrogen) atoms. The van der Waals surface area contributed by atoms with Crippen LogP contribution in [-0.4, -0.2) is 24.3 Å². The SMILES string of the molecule is CCC1NC(=O)N(c2ccc(OC(F)(F)F)cc2)C1=O. The van der Waals surface area contributed by atoms with E-state index in [1.54, 1.807) is 6.92 Å². The van der Waals surface area contributed by atoms with E-state index >= 15 is 0 Å². The number of hydrogen-bond donors (Lipinski definition) is 1. The van der Waals surface area contributed by atoms with E-state index in [9.17, 15) is 22.8 Å². The van der Waals surface area contributed by atoms with Gasteiger partial charge in [-0.05, 0) is 30.7 Å². The monoisotopic (exact) mass is 288 g/mol. The lowest BCUT2D eigenvalue weighted by Gasteiger charge is -2.14. The minimum absolute atomic E-state index is 0.193. The van der Waals surface area contributed by atoms with Gasteiger partial charge in [0.25, 0.3) is 5.91 Å². The number of benzene rings is 1. The maximum atomic E-state index is 12.0. The number of nitrogens with zero attached hydrogens (tertiary/aromatic N) is 1. The summed E-state index contributed by atoms with van der Waals surface area (Å²) in [6.45, 7) is 1.74. The van der Waals surface area contributed by atoms with Crippen LogP contribution in [0.1, 0.15) is 13.3 Å². The van der Waals surface area contributed by atoms with Crippen LogP contribution in [0.25, 0.3) is 0 Å². The number of rotatable bonds is 3. The van der Waals surface area contributed by atoms with Crippen molar-refractivity contribution in [2.45, 2.75) is 25.7 Å². The Morgan fingerprint density at radius 1 is 1.25 bits per heavy atom. The second-order valence-electron chi connectivity index (χ2n) is 4.13. The number of amides is 3. The van der Waals surface area contributed by atoms with Crippen molar-refractivity contribution < 1.29 is 27.5 Å². The van der Waals surface area contributed by atoms with Crippen LogP contribution in [0.2, 0.25) is 0 Å². The van der Waals surface area contributed by atoms with Gasteiger partial charge in [-0.2, -0.15) is 0 Å². The van der Waals surface area contributed by atoms with Gasteiger partial charge >= 0.3 is 12.4 Å². The Bertz CT molecular complexity index is 528. The first kappa shape index (κ1) is 14.2. The van der Waals surface area contributed by atoms with Crippen LogP contribution in [0.15, 0.2) is 24.3 Å². The van der Waals surface area contributed by atoms with Crippen molar-refractivity contribution in [3.63, 3.8) is 0 Å². The van der Waals surface area contributed by atoms with Crippen molar-refractivity contribution in [3.05, 3.63) is 24.3 Å². The lowest BCUT2D eigenvalue weighted by atomic mass is 10.2.